The Bertz CT molecular complexity index is 609. The summed E-state index contributed by atoms with van der Waals surface area (Å²) in [6.07, 6.45) is 3.84. The van der Waals surface area contributed by atoms with Crippen LogP contribution in [0.5, 0.6) is 5.75 Å². The van der Waals surface area contributed by atoms with E-state index in [1.54, 1.807) is 7.11 Å². The number of amides is 1. The summed E-state index contributed by atoms with van der Waals surface area (Å²) in [5.74, 6) is 2.97. The van der Waals surface area contributed by atoms with Crippen LogP contribution < -0.4 is 4.74 Å². The van der Waals surface area contributed by atoms with Crippen LogP contribution >= 0.6 is 0 Å². The second-order valence-corrected chi connectivity index (χ2v) is 9.07. The zero-order chi connectivity index (χ0) is 20.7. The van der Waals surface area contributed by atoms with Crippen molar-refractivity contribution in [2.75, 3.05) is 20.3 Å². The Balaban J connectivity index is 2.04. The summed E-state index contributed by atoms with van der Waals surface area (Å²) >= 11 is 0. The van der Waals surface area contributed by atoms with Gasteiger partial charge in [-0.3, -0.25) is 4.79 Å². The smallest absolute Gasteiger partial charge is 0.222 e. The Kier molecular flexibility index (Phi) is 8.36. The lowest BCUT2D eigenvalue weighted by molar-refractivity contribution is -0.132. The Morgan fingerprint density at radius 3 is 2.50 bits per heavy atom. The zero-order valence-corrected chi connectivity index (χ0v) is 18.7. The molecule has 1 aromatic carbocycles. The van der Waals surface area contributed by atoms with Crippen LogP contribution in [-0.4, -0.2) is 36.7 Å². The number of methoxy groups -OCH3 is 1. The summed E-state index contributed by atoms with van der Waals surface area (Å²) in [4.78, 5) is 14.6. The first-order valence-electron chi connectivity index (χ1n) is 10.8. The van der Waals surface area contributed by atoms with Crippen molar-refractivity contribution in [3.05, 3.63) is 29.8 Å². The predicted molar refractivity (Wildman–Crippen MR) is 114 cm³/mol. The molecule has 4 heteroatoms. The van der Waals surface area contributed by atoms with E-state index in [2.05, 4.69) is 39.8 Å². The van der Waals surface area contributed by atoms with Gasteiger partial charge in [-0.1, -0.05) is 32.9 Å². The third-order valence-corrected chi connectivity index (χ3v) is 6.12. The molecular weight excluding hydrogens is 350 g/mol. The van der Waals surface area contributed by atoms with Crippen molar-refractivity contribution >= 4 is 5.91 Å². The van der Waals surface area contributed by atoms with Crippen LogP contribution in [0.15, 0.2) is 24.3 Å². The van der Waals surface area contributed by atoms with Crippen molar-refractivity contribution < 1.29 is 14.3 Å². The minimum absolute atomic E-state index is 0.0297. The SMILES string of the molecule is CCC(=O)N(CCC(C(C)C)C1CCOC(C)(C)C1)Cc1ccc(OC)cc1. The minimum atomic E-state index is -0.0297. The molecule has 0 bridgehead atoms. The molecule has 2 atom stereocenters. The molecule has 28 heavy (non-hydrogen) atoms. The van der Waals surface area contributed by atoms with Crippen LogP contribution in [0.2, 0.25) is 0 Å². The molecule has 1 aromatic rings. The number of carbonyl (C=O) groups is 1. The van der Waals surface area contributed by atoms with E-state index < -0.39 is 0 Å². The van der Waals surface area contributed by atoms with Gasteiger partial charge in [0.1, 0.15) is 5.75 Å². The lowest BCUT2D eigenvalue weighted by Gasteiger charge is -2.41. The molecule has 0 radical (unpaired) electrons. The standard InChI is InChI=1S/C24H39NO3/c1-7-23(26)25(17-19-8-10-21(27-6)11-9-19)14-12-22(18(2)3)20-13-15-28-24(4,5)16-20/h8-11,18,20,22H,7,12-17H2,1-6H3. The van der Waals surface area contributed by atoms with Crippen LogP contribution in [0.25, 0.3) is 0 Å². The number of ether oxygens (including phenoxy) is 2. The number of nitrogens with zero attached hydrogens (tertiary/aromatic N) is 1. The van der Waals surface area contributed by atoms with Crippen LogP contribution in [0.3, 0.4) is 0 Å². The van der Waals surface area contributed by atoms with Gasteiger partial charge in [-0.25, -0.2) is 0 Å². The average Bonchev–Trinajstić information content (AvgIpc) is 2.66. The van der Waals surface area contributed by atoms with Gasteiger partial charge in [0.05, 0.1) is 12.7 Å². The molecule has 0 aliphatic carbocycles. The molecule has 2 rings (SSSR count). The number of carbonyl (C=O) groups excluding carboxylic acids is 1. The second kappa shape index (κ2) is 10.3. The molecule has 0 N–H and O–H groups in total. The highest BCUT2D eigenvalue weighted by molar-refractivity contribution is 5.75. The molecule has 0 aromatic heterocycles. The van der Waals surface area contributed by atoms with Crippen molar-refractivity contribution in [1.29, 1.82) is 0 Å². The van der Waals surface area contributed by atoms with Gasteiger partial charge in [-0.05, 0) is 68.6 Å². The van der Waals surface area contributed by atoms with Gasteiger partial charge < -0.3 is 14.4 Å². The van der Waals surface area contributed by atoms with E-state index in [-0.39, 0.29) is 11.5 Å². The average molecular weight is 390 g/mol. The van der Waals surface area contributed by atoms with Crippen LogP contribution in [0, 0.1) is 17.8 Å². The second-order valence-electron chi connectivity index (χ2n) is 9.07. The summed E-state index contributed by atoms with van der Waals surface area (Å²) in [6.45, 7) is 13.3. The molecule has 2 unspecified atom stereocenters. The van der Waals surface area contributed by atoms with Gasteiger partial charge in [-0.15, -0.1) is 0 Å². The number of rotatable bonds is 9. The maximum Gasteiger partial charge on any atom is 0.222 e. The summed E-state index contributed by atoms with van der Waals surface area (Å²) in [7, 11) is 1.67. The quantitative estimate of drug-likeness (QED) is 0.575. The van der Waals surface area contributed by atoms with Gasteiger partial charge in [0.25, 0.3) is 0 Å². The van der Waals surface area contributed by atoms with E-state index in [1.807, 2.05) is 24.0 Å². The third kappa shape index (κ3) is 6.51. The molecule has 4 nitrogen and oxygen atoms in total. The molecule has 1 aliphatic rings. The van der Waals surface area contributed by atoms with Crippen LogP contribution in [0.1, 0.15) is 65.9 Å². The van der Waals surface area contributed by atoms with E-state index in [0.717, 1.165) is 43.7 Å². The van der Waals surface area contributed by atoms with E-state index in [9.17, 15) is 4.79 Å². The zero-order valence-electron chi connectivity index (χ0n) is 18.7. The lowest BCUT2D eigenvalue weighted by atomic mass is 9.73. The van der Waals surface area contributed by atoms with Crippen molar-refractivity contribution in [3.8, 4) is 5.75 Å². The third-order valence-electron chi connectivity index (χ3n) is 6.12. The van der Waals surface area contributed by atoms with Crippen molar-refractivity contribution in [1.82, 2.24) is 4.90 Å². The molecule has 1 aliphatic heterocycles. The van der Waals surface area contributed by atoms with Crippen LogP contribution in [0.4, 0.5) is 0 Å². The molecule has 1 heterocycles. The highest BCUT2D eigenvalue weighted by atomic mass is 16.5. The van der Waals surface area contributed by atoms with Gasteiger partial charge in [0.15, 0.2) is 0 Å². The van der Waals surface area contributed by atoms with Gasteiger partial charge in [0, 0.05) is 26.1 Å². The fourth-order valence-corrected chi connectivity index (χ4v) is 4.53. The maximum absolute atomic E-state index is 12.6. The summed E-state index contributed by atoms with van der Waals surface area (Å²) in [6, 6.07) is 8.03. The first kappa shape index (κ1) is 22.7. The minimum Gasteiger partial charge on any atom is -0.497 e. The maximum atomic E-state index is 12.6. The first-order chi connectivity index (χ1) is 13.3. The highest BCUT2D eigenvalue weighted by Gasteiger charge is 2.34. The lowest BCUT2D eigenvalue weighted by Crippen LogP contribution is -2.39. The Morgan fingerprint density at radius 2 is 1.96 bits per heavy atom. The first-order valence-corrected chi connectivity index (χ1v) is 10.8. The van der Waals surface area contributed by atoms with Crippen LogP contribution in [-0.2, 0) is 16.1 Å². The normalized spacial score (nSPS) is 20.0. The molecule has 0 saturated carbocycles. The largest absolute Gasteiger partial charge is 0.497 e. The number of hydrogen-bond donors (Lipinski definition) is 0. The molecule has 0 spiro atoms. The topological polar surface area (TPSA) is 38.8 Å². The van der Waals surface area contributed by atoms with E-state index in [4.69, 9.17) is 9.47 Å². The van der Waals surface area contributed by atoms with E-state index >= 15 is 0 Å². The molecule has 1 fully saturated rings. The fourth-order valence-electron chi connectivity index (χ4n) is 4.53. The fraction of sp³-hybridized carbons (Fsp3) is 0.708. The van der Waals surface area contributed by atoms with E-state index in [1.165, 1.54) is 0 Å². The molecular formula is C24H39NO3. The van der Waals surface area contributed by atoms with Crippen molar-refractivity contribution in [2.45, 2.75) is 72.4 Å². The Hall–Kier alpha value is -1.55. The summed E-state index contributed by atoms with van der Waals surface area (Å²) in [5.41, 5.74) is 1.12. The monoisotopic (exact) mass is 389 g/mol. The Morgan fingerprint density at radius 1 is 1.29 bits per heavy atom. The highest BCUT2D eigenvalue weighted by Crippen LogP contribution is 2.38. The van der Waals surface area contributed by atoms with Gasteiger partial charge in [0.2, 0.25) is 5.91 Å². The number of hydrogen-bond acceptors (Lipinski definition) is 3. The van der Waals surface area contributed by atoms with Gasteiger partial charge >= 0.3 is 0 Å². The summed E-state index contributed by atoms with van der Waals surface area (Å²) < 4.78 is 11.2. The molecule has 1 saturated heterocycles. The van der Waals surface area contributed by atoms with Crippen molar-refractivity contribution in [3.63, 3.8) is 0 Å². The summed E-state index contributed by atoms with van der Waals surface area (Å²) in [5, 5.41) is 0. The van der Waals surface area contributed by atoms with Crippen molar-refractivity contribution in [2.24, 2.45) is 17.8 Å². The predicted octanol–water partition coefficient (Wildman–Crippen LogP) is 5.30. The van der Waals surface area contributed by atoms with E-state index in [0.29, 0.717) is 30.7 Å². The number of benzene rings is 1. The Labute approximate surface area is 171 Å². The molecule has 158 valence electrons. The molecule has 1 amide bonds. The van der Waals surface area contributed by atoms with Gasteiger partial charge in [-0.2, -0.15) is 0 Å².